The fourth-order valence-corrected chi connectivity index (χ4v) is 3.09. The first-order chi connectivity index (χ1) is 12.5. The Bertz CT molecular complexity index is 795. The number of carbonyl (C=O) groups excluding carboxylic acids is 1. The smallest absolute Gasteiger partial charge is 0.323 e. The zero-order valence-corrected chi connectivity index (χ0v) is 16.7. The number of carboxylic acid groups (broad SMARTS) is 1. The van der Waals surface area contributed by atoms with E-state index >= 15 is 0 Å². The lowest BCUT2D eigenvalue weighted by molar-refractivity contribution is -0.137. The van der Waals surface area contributed by atoms with Gasteiger partial charge < -0.3 is 19.8 Å². The van der Waals surface area contributed by atoms with Crippen molar-refractivity contribution in [2.24, 2.45) is 5.92 Å². The number of benzene rings is 1. The minimum absolute atomic E-state index is 0.0480. The highest BCUT2D eigenvalue weighted by atomic mass is 35.5. The molecule has 1 atom stereocenters. The molecule has 0 heterocycles. The van der Waals surface area contributed by atoms with Crippen LogP contribution < -0.4 is 4.74 Å². The fraction of sp³-hybridized carbons (Fsp3) is 0.368. The minimum atomic E-state index is -1.12. The van der Waals surface area contributed by atoms with E-state index in [2.05, 4.69) is 0 Å². The maximum Gasteiger partial charge on any atom is 0.323 e. The second-order valence-electron chi connectivity index (χ2n) is 6.72. The molecule has 1 unspecified atom stereocenters. The van der Waals surface area contributed by atoms with Gasteiger partial charge in [0, 0.05) is 19.0 Å². The summed E-state index contributed by atoms with van der Waals surface area (Å²) in [7, 11) is 1.37. The van der Waals surface area contributed by atoms with Gasteiger partial charge in [0.05, 0.1) is 15.6 Å². The van der Waals surface area contributed by atoms with Crippen molar-refractivity contribution in [1.82, 2.24) is 4.90 Å². The highest BCUT2D eigenvalue weighted by molar-refractivity contribution is 6.37. The van der Waals surface area contributed by atoms with Crippen molar-refractivity contribution in [3.63, 3.8) is 0 Å². The molecule has 0 fully saturated rings. The average molecular weight is 414 g/mol. The van der Waals surface area contributed by atoms with E-state index in [1.165, 1.54) is 19.2 Å². The topological polar surface area (TPSA) is 87.1 Å². The first kappa shape index (κ1) is 21.3. The van der Waals surface area contributed by atoms with Crippen LogP contribution in [0.1, 0.15) is 30.6 Å². The fourth-order valence-electron chi connectivity index (χ4n) is 2.52. The van der Waals surface area contributed by atoms with Gasteiger partial charge in [0.15, 0.2) is 5.75 Å². The Balaban J connectivity index is 2.19. The second-order valence-corrected chi connectivity index (χ2v) is 7.53. The Morgan fingerprint density at radius 1 is 1.30 bits per heavy atom. The average Bonchev–Trinajstić information content (AvgIpc) is 2.58. The molecule has 0 radical (unpaired) electrons. The van der Waals surface area contributed by atoms with Gasteiger partial charge in [-0.2, -0.15) is 0 Å². The van der Waals surface area contributed by atoms with Crippen molar-refractivity contribution < 1.29 is 24.5 Å². The number of hydrogen-bond donors (Lipinski definition) is 2. The molecule has 8 heteroatoms. The number of ether oxygens (including phenoxy) is 1. The molecule has 0 aliphatic heterocycles. The zero-order valence-electron chi connectivity index (χ0n) is 15.2. The van der Waals surface area contributed by atoms with Crippen LogP contribution in [0.5, 0.6) is 5.75 Å². The summed E-state index contributed by atoms with van der Waals surface area (Å²) in [6, 6.07) is 2.75. The first-order valence-corrected chi connectivity index (χ1v) is 9.05. The van der Waals surface area contributed by atoms with Crippen LogP contribution in [0.2, 0.25) is 10.0 Å². The molecule has 0 bridgehead atoms. The number of nitrogens with zero attached hydrogens (tertiary/aromatic N) is 1. The predicted octanol–water partition coefficient (Wildman–Crippen LogP) is 3.76. The minimum Gasteiger partial charge on any atom is -0.480 e. The Morgan fingerprint density at radius 2 is 1.89 bits per heavy atom. The number of carbonyl (C=O) groups is 2. The van der Waals surface area contributed by atoms with Gasteiger partial charge >= 0.3 is 5.97 Å². The van der Waals surface area contributed by atoms with Crippen LogP contribution in [-0.4, -0.2) is 46.2 Å². The molecule has 1 aliphatic carbocycles. The summed E-state index contributed by atoms with van der Waals surface area (Å²) in [6.07, 6.45) is 5.46. The van der Waals surface area contributed by atoms with Gasteiger partial charge in [-0.15, -0.1) is 0 Å². The molecule has 1 aromatic carbocycles. The number of allylic oxidation sites excluding steroid dienone is 1. The number of amides is 1. The molecule has 146 valence electrons. The van der Waals surface area contributed by atoms with Crippen molar-refractivity contribution in [2.75, 3.05) is 13.6 Å². The molecule has 0 saturated carbocycles. The van der Waals surface area contributed by atoms with Crippen LogP contribution in [0, 0.1) is 5.92 Å². The number of rotatable bonds is 6. The Morgan fingerprint density at radius 3 is 2.33 bits per heavy atom. The van der Waals surface area contributed by atoms with E-state index < -0.39 is 24.0 Å². The van der Waals surface area contributed by atoms with Crippen molar-refractivity contribution in [3.05, 3.63) is 51.7 Å². The summed E-state index contributed by atoms with van der Waals surface area (Å²) in [5, 5.41) is 19.5. The standard InChI is InChI=1S/C19H21Cl2NO5/c1-11(2)19(26)6-4-13(5-7-19)27-17-14(20)8-12(9-15(17)21)18(25)22(3)10-16(23)24/h4-6,8-9,11,26H,7,10H2,1-3H3,(H,23,24). The first-order valence-electron chi connectivity index (χ1n) is 8.29. The number of carboxylic acids is 1. The molecule has 0 aromatic heterocycles. The monoisotopic (exact) mass is 413 g/mol. The summed E-state index contributed by atoms with van der Waals surface area (Å²) < 4.78 is 5.73. The molecule has 0 saturated heterocycles. The van der Waals surface area contributed by atoms with E-state index in [0.29, 0.717) is 12.2 Å². The van der Waals surface area contributed by atoms with E-state index in [0.717, 1.165) is 4.90 Å². The van der Waals surface area contributed by atoms with E-state index in [1.807, 2.05) is 13.8 Å². The number of likely N-dealkylation sites (N-methyl/N-ethyl adjacent to an activating group) is 1. The van der Waals surface area contributed by atoms with Crippen LogP contribution >= 0.6 is 23.2 Å². The molecule has 1 aromatic rings. The summed E-state index contributed by atoms with van der Waals surface area (Å²) in [6.45, 7) is 3.41. The van der Waals surface area contributed by atoms with Gasteiger partial charge in [-0.05, 0) is 36.3 Å². The van der Waals surface area contributed by atoms with E-state index in [9.17, 15) is 14.7 Å². The van der Waals surface area contributed by atoms with Crippen LogP contribution in [-0.2, 0) is 4.79 Å². The van der Waals surface area contributed by atoms with E-state index in [4.69, 9.17) is 33.0 Å². The van der Waals surface area contributed by atoms with Crippen molar-refractivity contribution in [2.45, 2.75) is 25.9 Å². The molecule has 2 rings (SSSR count). The van der Waals surface area contributed by atoms with Gasteiger partial charge in [-0.3, -0.25) is 9.59 Å². The largest absolute Gasteiger partial charge is 0.480 e. The molecule has 1 aliphatic rings. The lowest BCUT2D eigenvalue weighted by atomic mass is 9.84. The molecule has 0 spiro atoms. The van der Waals surface area contributed by atoms with Gasteiger partial charge in [-0.1, -0.05) is 37.0 Å². The highest BCUT2D eigenvalue weighted by Crippen LogP contribution is 2.37. The maximum absolute atomic E-state index is 12.3. The van der Waals surface area contributed by atoms with Gasteiger partial charge in [0.25, 0.3) is 5.91 Å². The van der Waals surface area contributed by atoms with Crippen molar-refractivity contribution in [3.8, 4) is 5.75 Å². The molecule has 1 amide bonds. The third kappa shape index (κ3) is 5.03. The number of hydrogen-bond acceptors (Lipinski definition) is 4. The number of halogens is 2. The molecular formula is C19H21Cl2NO5. The van der Waals surface area contributed by atoms with Crippen LogP contribution in [0.4, 0.5) is 0 Å². The van der Waals surface area contributed by atoms with Gasteiger partial charge in [0.1, 0.15) is 12.3 Å². The summed E-state index contributed by atoms with van der Waals surface area (Å²) >= 11 is 12.4. The summed E-state index contributed by atoms with van der Waals surface area (Å²) in [5.41, 5.74) is -0.769. The lowest BCUT2D eigenvalue weighted by Crippen LogP contribution is -2.33. The van der Waals surface area contributed by atoms with Gasteiger partial charge in [0.2, 0.25) is 0 Å². The van der Waals surface area contributed by atoms with Crippen molar-refractivity contribution >= 4 is 35.1 Å². The highest BCUT2D eigenvalue weighted by Gasteiger charge is 2.29. The summed E-state index contributed by atoms with van der Waals surface area (Å²) in [4.78, 5) is 24.1. The van der Waals surface area contributed by atoms with E-state index in [1.54, 1.807) is 18.2 Å². The Kier molecular flexibility index (Phi) is 6.57. The molecule has 6 nitrogen and oxygen atoms in total. The van der Waals surface area contributed by atoms with Crippen LogP contribution in [0.15, 0.2) is 36.1 Å². The van der Waals surface area contributed by atoms with Crippen LogP contribution in [0.3, 0.4) is 0 Å². The molecule has 2 N–H and O–H groups in total. The van der Waals surface area contributed by atoms with Crippen molar-refractivity contribution in [1.29, 1.82) is 0 Å². The Labute approximate surface area is 167 Å². The zero-order chi connectivity index (χ0) is 20.4. The predicted molar refractivity (Wildman–Crippen MR) is 103 cm³/mol. The SMILES string of the molecule is CC(C)C1(O)C=CC(Oc2c(Cl)cc(C(=O)N(C)CC(=O)O)cc2Cl)=CC1. The normalized spacial score (nSPS) is 19.0. The lowest BCUT2D eigenvalue weighted by Gasteiger charge is -2.30. The molecular weight excluding hydrogens is 393 g/mol. The second kappa shape index (κ2) is 8.33. The van der Waals surface area contributed by atoms with Crippen LogP contribution in [0.25, 0.3) is 0 Å². The maximum atomic E-state index is 12.3. The van der Waals surface area contributed by atoms with E-state index in [-0.39, 0.29) is 27.3 Å². The van der Waals surface area contributed by atoms with Gasteiger partial charge in [-0.25, -0.2) is 0 Å². The molecule has 27 heavy (non-hydrogen) atoms. The summed E-state index contributed by atoms with van der Waals surface area (Å²) in [5.74, 6) is -0.938. The third-order valence-electron chi connectivity index (χ3n) is 4.35. The number of aliphatic hydroxyl groups is 1. The number of aliphatic carboxylic acids is 1. The third-order valence-corrected chi connectivity index (χ3v) is 4.91. The Hall–Kier alpha value is -2.02. The quantitative estimate of drug-likeness (QED) is 0.740.